The molecule has 1 aliphatic rings. The summed E-state index contributed by atoms with van der Waals surface area (Å²) < 4.78 is 29.5. The number of carbonyl (C=O) groups excluding carboxylic acids is 1. The summed E-state index contributed by atoms with van der Waals surface area (Å²) in [5.41, 5.74) is 0. The Morgan fingerprint density at radius 2 is 2.25 bits per heavy atom. The third-order valence-corrected chi connectivity index (χ3v) is 3.82. The molecule has 0 radical (unpaired) electrons. The maximum atomic E-state index is 11.8. The highest BCUT2D eigenvalue weighted by Gasteiger charge is 2.18. The Bertz CT molecular complexity index is 567. The molecular weight excluding hydrogens is 306 g/mol. The number of amides is 1. The van der Waals surface area contributed by atoms with Gasteiger partial charge in [-0.25, -0.2) is 8.42 Å². The van der Waals surface area contributed by atoms with E-state index in [1.165, 1.54) is 0 Å². The van der Waals surface area contributed by atoms with Crippen molar-refractivity contribution in [3.8, 4) is 0 Å². The van der Waals surface area contributed by atoms with Gasteiger partial charge in [-0.15, -0.1) is 10.2 Å². The van der Waals surface area contributed by atoms with Crippen LogP contribution in [0.15, 0.2) is 0 Å². The van der Waals surface area contributed by atoms with Crippen molar-refractivity contribution in [3.63, 3.8) is 0 Å². The Hall–Kier alpha value is -1.30. The van der Waals surface area contributed by atoms with Gasteiger partial charge in [0.25, 0.3) is 0 Å². The van der Waals surface area contributed by atoms with Crippen LogP contribution >= 0.6 is 11.3 Å². The van der Waals surface area contributed by atoms with Gasteiger partial charge in [-0.2, -0.15) is 0 Å². The highest BCUT2D eigenvalue weighted by Crippen LogP contribution is 2.20. The molecule has 0 saturated carbocycles. The van der Waals surface area contributed by atoms with Gasteiger partial charge in [0.15, 0.2) is 0 Å². The van der Waals surface area contributed by atoms with Crippen molar-refractivity contribution in [2.24, 2.45) is 0 Å². The average molecular weight is 321 g/mol. The third-order valence-electron chi connectivity index (χ3n) is 2.37. The van der Waals surface area contributed by atoms with Crippen LogP contribution in [0.5, 0.6) is 0 Å². The van der Waals surface area contributed by atoms with E-state index in [9.17, 15) is 13.2 Å². The summed E-state index contributed by atoms with van der Waals surface area (Å²) in [4.78, 5) is 11.8. The maximum Gasteiger partial charge on any atom is 0.231 e. The Labute approximate surface area is 120 Å². The number of morpholine rings is 1. The third kappa shape index (κ3) is 5.00. The molecule has 1 aromatic heterocycles. The molecule has 9 nitrogen and oxygen atoms in total. The van der Waals surface area contributed by atoms with Crippen LogP contribution in [0.2, 0.25) is 0 Å². The molecule has 1 aromatic rings. The average Bonchev–Trinajstić information content (AvgIpc) is 2.75. The molecule has 0 aliphatic carbocycles. The molecule has 1 atom stereocenters. The number of aromatic nitrogens is 2. The Balaban J connectivity index is 1.85. The van der Waals surface area contributed by atoms with E-state index in [0.29, 0.717) is 13.2 Å². The first-order valence-corrected chi connectivity index (χ1v) is 8.55. The van der Waals surface area contributed by atoms with E-state index < -0.39 is 10.0 Å². The topological polar surface area (TPSA) is 122 Å². The monoisotopic (exact) mass is 321 g/mol. The van der Waals surface area contributed by atoms with Crippen molar-refractivity contribution >= 4 is 37.5 Å². The molecule has 2 heterocycles. The molecule has 1 aliphatic heterocycles. The summed E-state index contributed by atoms with van der Waals surface area (Å²) >= 11 is 0.954. The van der Waals surface area contributed by atoms with Crippen LogP contribution in [0.3, 0.4) is 0 Å². The summed E-state index contributed by atoms with van der Waals surface area (Å²) in [7, 11) is -3.40. The van der Waals surface area contributed by atoms with E-state index >= 15 is 0 Å². The van der Waals surface area contributed by atoms with E-state index in [1.807, 2.05) is 0 Å². The smallest absolute Gasteiger partial charge is 0.231 e. The van der Waals surface area contributed by atoms with Gasteiger partial charge in [0, 0.05) is 19.0 Å². The lowest BCUT2D eigenvalue weighted by Crippen LogP contribution is -2.43. The molecule has 1 saturated heterocycles. The summed E-state index contributed by atoms with van der Waals surface area (Å²) in [6.45, 7) is 1.86. The Kier molecular flexibility index (Phi) is 4.86. The number of nitrogens with zero attached hydrogens (tertiary/aromatic N) is 2. The van der Waals surface area contributed by atoms with E-state index in [1.54, 1.807) is 0 Å². The molecule has 0 bridgehead atoms. The second-order valence-corrected chi connectivity index (χ2v) is 6.99. The number of carbonyl (C=O) groups is 1. The van der Waals surface area contributed by atoms with Gasteiger partial charge in [-0.3, -0.25) is 9.52 Å². The fourth-order valence-electron chi connectivity index (χ4n) is 1.62. The minimum absolute atomic E-state index is 0.0229. The van der Waals surface area contributed by atoms with Gasteiger partial charge < -0.3 is 15.4 Å². The fourth-order valence-corrected chi connectivity index (χ4v) is 3.11. The van der Waals surface area contributed by atoms with E-state index in [-0.39, 0.29) is 28.6 Å². The number of nitrogens with one attached hydrogen (secondary N) is 3. The minimum Gasteiger partial charge on any atom is -0.378 e. The molecule has 0 spiro atoms. The molecule has 3 N–H and O–H groups in total. The summed E-state index contributed by atoms with van der Waals surface area (Å²) in [5.74, 6) is -0.227. The van der Waals surface area contributed by atoms with E-state index in [2.05, 4.69) is 25.6 Å². The van der Waals surface area contributed by atoms with Crippen molar-refractivity contribution in [2.75, 3.05) is 36.1 Å². The Morgan fingerprint density at radius 1 is 1.50 bits per heavy atom. The zero-order valence-electron chi connectivity index (χ0n) is 10.7. The van der Waals surface area contributed by atoms with Crippen molar-refractivity contribution in [3.05, 3.63) is 0 Å². The zero-order chi connectivity index (χ0) is 14.6. The van der Waals surface area contributed by atoms with Crippen LogP contribution in [0, 0.1) is 0 Å². The molecule has 2 rings (SSSR count). The van der Waals surface area contributed by atoms with Crippen LogP contribution < -0.4 is 15.4 Å². The molecular formula is C9H15N5O4S2. The lowest BCUT2D eigenvalue weighted by Gasteiger charge is -2.22. The van der Waals surface area contributed by atoms with Crippen molar-refractivity contribution < 1.29 is 17.9 Å². The number of anilines is 2. The van der Waals surface area contributed by atoms with Gasteiger partial charge in [0.1, 0.15) is 0 Å². The number of rotatable bonds is 5. The Morgan fingerprint density at radius 3 is 2.90 bits per heavy atom. The quantitative estimate of drug-likeness (QED) is 0.650. The molecule has 0 aromatic carbocycles. The molecule has 1 unspecified atom stereocenters. The van der Waals surface area contributed by atoms with E-state index in [0.717, 1.165) is 24.1 Å². The number of hydrogen-bond donors (Lipinski definition) is 3. The largest absolute Gasteiger partial charge is 0.378 e. The molecule has 112 valence electrons. The number of hydrogen-bond acceptors (Lipinski definition) is 8. The second kappa shape index (κ2) is 6.43. The van der Waals surface area contributed by atoms with Gasteiger partial charge in [-0.1, -0.05) is 11.3 Å². The minimum atomic E-state index is -3.40. The SMILES string of the molecule is CS(=O)(=O)Nc1nnc(NC(=O)CC2COCCN2)s1. The molecule has 20 heavy (non-hydrogen) atoms. The highest BCUT2D eigenvalue weighted by molar-refractivity contribution is 7.92. The summed E-state index contributed by atoms with van der Waals surface area (Å²) in [6.07, 6.45) is 1.27. The van der Waals surface area contributed by atoms with Crippen LogP contribution in [-0.2, 0) is 19.6 Å². The first kappa shape index (κ1) is 15.1. The zero-order valence-corrected chi connectivity index (χ0v) is 12.4. The summed E-state index contributed by atoms with van der Waals surface area (Å²) in [6, 6.07) is -0.0229. The fraction of sp³-hybridized carbons (Fsp3) is 0.667. The summed E-state index contributed by atoms with van der Waals surface area (Å²) in [5, 5.41) is 13.4. The molecule has 1 amide bonds. The normalized spacial score (nSPS) is 19.6. The van der Waals surface area contributed by atoms with Gasteiger partial charge in [0.2, 0.25) is 26.2 Å². The lowest BCUT2D eigenvalue weighted by molar-refractivity contribution is -0.117. The first-order chi connectivity index (χ1) is 9.42. The first-order valence-electron chi connectivity index (χ1n) is 5.84. The highest BCUT2D eigenvalue weighted by atomic mass is 32.2. The molecule has 1 fully saturated rings. The van der Waals surface area contributed by atoms with Crippen LogP contribution in [0.4, 0.5) is 10.3 Å². The lowest BCUT2D eigenvalue weighted by atomic mass is 10.2. The van der Waals surface area contributed by atoms with Crippen LogP contribution in [-0.4, -0.2) is 56.6 Å². The standard InChI is InChI=1S/C9H15N5O4S2/c1-20(16,17)14-9-13-12-8(19-9)11-7(15)4-6-5-18-3-2-10-6/h6,10H,2-5H2,1H3,(H,13,14)(H,11,12,15). The van der Waals surface area contributed by atoms with Crippen LogP contribution in [0.25, 0.3) is 0 Å². The van der Waals surface area contributed by atoms with Crippen LogP contribution in [0.1, 0.15) is 6.42 Å². The van der Waals surface area contributed by atoms with Crippen molar-refractivity contribution in [1.82, 2.24) is 15.5 Å². The van der Waals surface area contributed by atoms with Crippen molar-refractivity contribution in [1.29, 1.82) is 0 Å². The predicted octanol–water partition coefficient (Wildman–Crippen LogP) is -0.773. The van der Waals surface area contributed by atoms with Gasteiger partial charge in [-0.05, 0) is 0 Å². The van der Waals surface area contributed by atoms with Gasteiger partial charge in [0.05, 0.1) is 19.5 Å². The second-order valence-electron chi connectivity index (χ2n) is 4.26. The van der Waals surface area contributed by atoms with Crippen molar-refractivity contribution in [2.45, 2.75) is 12.5 Å². The van der Waals surface area contributed by atoms with E-state index in [4.69, 9.17) is 4.74 Å². The molecule has 11 heteroatoms. The predicted molar refractivity (Wildman–Crippen MR) is 74.2 cm³/mol. The number of ether oxygens (including phenoxy) is 1. The number of sulfonamides is 1. The maximum absolute atomic E-state index is 11.8. The van der Waals surface area contributed by atoms with Gasteiger partial charge >= 0.3 is 0 Å².